The molecular weight excluding hydrogens is 333 g/mol. The number of carboxylic acid groups (broad SMARTS) is 1. The summed E-state index contributed by atoms with van der Waals surface area (Å²) in [4.78, 5) is 10.9. The molecule has 0 aliphatic rings. The summed E-state index contributed by atoms with van der Waals surface area (Å²) in [5.41, 5.74) is 0. The third-order valence-electron chi connectivity index (χ3n) is 2.22. The molecule has 0 saturated heterocycles. The lowest BCUT2D eigenvalue weighted by atomic mass is 10.1. The number of aliphatic carboxylic acids is 1. The van der Waals surface area contributed by atoms with Crippen molar-refractivity contribution in [1.29, 1.82) is 0 Å². The van der Waals surface area contributed by atoms with Crippen LogP contribution < -0.4 is 4.72 Å². The summed E-state index contributed by atoms with van der Waals surface area (Å²) >= 11 is 12.4. The highest BCUT2D eigenvalue weighted by atomic mass is 35.5. The highest BCUT2D eigenvalue weighted by Crippen LogP contribution is 2.34. The fourth-order valence-corrected chi connectivity index (χ4v) is 4.78. The third kappa shape index (κ3) is 4.61. The van der Waals surface area contributed by atoms with Crippen LogP contribution in [-0.2, 0) is 14.8 Å². The van der Waals surface area contributed by atoms with Crippen LogP contribution in [0.5, 0.6) is 0 Å². The van der Waals surface area contributed by atoms with Crippen LogP contribution in [0, 0.1) is 5.92 Å². The maximum Gasteiger partial charge on any atom is 0.321 e. The molecule has 0 aromatic carbocycles. The molecule has 9 heteroatoms. The topological polar surface area (TPSA) is 83.5 Å². The van der Waals surface area contributed by atoms with E-state index in [1.165, 1.54) is 6.07 Å². The van der Waals surface area contributed by atoms with Gasteiger partial charge in [-0.25, -0.2) is 8.42 Å². The van der Waals surface area contributed by atoms with Crippen LogP contribution in [0.15, 0.2) is 11.0 Å². The number of carboxylic acids is 1. The van der Waals surface area contributed by atoms with Gasteiger partial charge in [0.1, 0.15) is 15.3 Å². The Bertz CT molecular complexity index is 568. The first-order chi connectivity index (χ1) is 8.63. The van der Waals surface area contributed by atoms with E-state index in [-0.39, 0.29) is 25.9 Å². The van der Waals surface area contributed by atoms with E-state index < -0.39 is 22.0 Å². The molecule has 5 nitrogen and oxygen atoms in total. The monoisotopic (exact) mass is 345 g/mol. The maximum atomic E-state index is 12.1. The van der Waals surface area contributed by atoms with Crippen molar-refractivity contribution < 1.29 is 18.3 Å². The van der Waals surface area contributed by atoms with Crippen LogP contribution in [0.2, 0.25) is 8.67 Å². The van der Waals surface area contributed by atoms with Gasteiger partial charge in [0.05, 0.1) is 4.34 Å². The first kappa shape index (κ1) is 16.7. The molecule has 19 heavy (non-hydrogen) atoms. The van der Waals surface area contributed by atoms with Gasteiger partial charge in [0.15, 0.2) is 0 Å². The van der Waals surface area contributed by atoms with Crippen molar-refractivity contribution in [3.05, 3.63) is 14.7 Å². The van der Waals surface area contributed by atoms with Gasteiger partial charge in [-0.05, 0) is 18.4 Å². The first-order valence-electron chi connectivity index (χ1n) is 5.33. The molecule has 1 heterocycles. The van der Waals surface area contributed by atoms with E-state index in [9.17, 15) is 13.2 Å². The molecule has 1 aromatic rings. The molecule has 1 rings (SSSR count). The Labute approximate surface area is 125 Å². The molecule has 2 N–H and O–H groups in total. The van der Waals surface area contributed by atoms with Crippen molar-refractivity contribution in [3.63, 3.8) is 0 Å². The largest absolute Gasteiger partial charge is 0.480 e. The number of hydrogen-bond donors (Lipinski definition) is 2. The average molecular weight is 346 g/mol. The van der Waals surface area contributed by atoms with Gasteiger partial charge in [-0.3, -0.25) is 4.79 Å². The smallest absolute Gasteiger partial charge is 0.321 e. The summed E-state index contributed by atoms with van der Waals surface area (Å²) in [6.07, 6.45) is 0.185. The molecule has 108 valence electrons. The Hall–Kier alpha value is -0.340. The van der Waals surface area contributed by atoms with Gasteiger partial charge < -0.3 is 5.11 Å². The van der Waals surface area contributed by atoms with E-state index in [4.69, 9.17) is 28.3 Å². The molecule has 0 bridgehead atoms. The van der Waals surface area contributed by atoms with Crippen molar-refractivity contribution in [2.75, 3.05) is 0 Å². The van der Waals surface area contributed by atoms with Gasteiger partial charge in [0.2, 0.25) is 10.0 Å². The minimum atomic E-state index is -4.00. The van der Waals surface area contributed by atoms with Crippen molar-refractivity contribution in [1.82, 2.24) is 4.72 Å². The van der Waals surface area contributed by atoms with Crippen LogP contribution in [0.4, 0.5) is 0 Å². The summed E-state index contributed by atoms with van der Waals surface area (Å²) < 4.78 is 26.5. The lowest BCUT2D eigenvalue weighted by molar-refractivity contribution is -0.139. The van der Waals surface area contributed by atoms with E-state index in [1.54, 1.807) is 13.8 Å². The molecule has 0 aliphatic carbocycles. The Morgan fingerprint density at radius 3 is 2.42 bits per heavy atom. The summed E-state index contributed by atoms with van der Waals surface area (Å²) in [5.74, 6) is -1.19. The van der Waals surface area contributed by atoms with Crippen LogP contribution in [0.25, 0.3) is 0 Å². The van der Waals surface area contributed by atoms with E-state index in [1.807, 2.05) is 0 Å². The molecule has 0 radical (unpaired) electrons. The summed E-state index contributed by atoms with van der Waals surface area (Å²) in [7, 11) is -4.00. The molecule has 1 unspecified atom stereocenters. The van der Waals surface area contributed by atoms with Crippen LogP contribution in [0.3, 0.4) is 0 Å². The van der Waals surface area contributed by atoms with Gasteiger partial charge in [-0.1, -0.05) is 37.0 Å². The first-order valence-corrected chi connectivity index (χ1v) is 8.39. The minimum Gasteiger partial charge on any atom is -0.480 e. The fraction of sp³-hybridized carbons (Fsp3) is 0.500. The molecule has 0 fully saturated rings. The fourth-order valence-electron chi connectivity index (χ4n) is 1.43. The number of nitrogens with one attached hydrogen (secondary N) is 1. The normalized spacial score (nSPS) is 13.7. The second-order valence-electron chi connectivity index (χ2n) is 4.33. The number of halogens is 2. The molecule has 0 amide bonds. The lowest BCUT2D eigenvalue weighted by Crippen LogP contribution is -2.41. The average Bonchev–Trinajstić information content (AvgIpc) is 2.56. The van der Waals surface area contributed by atoms with Crippen molar-refractivity contribution in [3.8, 4) is 0 Å². The number of carbonyl (C=O) groups is 1. The predicted octanol–water partition coefficient (Wildman–Crippen LogP) is 2.83. The second-order valence-corrected chi connectivity index (χ2v) is 8.30. The standard InChI is InChI=1S/C10H13Cl2NO4S2/c1-5(2)3-6(10(14)15)13-19(16,17)7-4-8(11)18-9(7)12/h4-6,13H,3H2,1-2H3,(H,14,15). The van der Waals surface area contributed by atoms with Gasteiger partial charge >= 0.3 is 5.97 Å². The maximum absolute atomic E-state index is 12.1. The minimum absolute atomic E-state index is 0.00573. The lowest BCUT2D eigenvalue weighted by Gasteiger charge is -2.16. The zero-order valence-corrected chi connectivity index (χ0v) is 13.3. The summed E-state index contributed by atoms with van der Waals surface area (Å²) in [5, 5.41) is 9.02. The Morgan fingerprint density at radius 1 is 1.47 bits per heavy atom. The van der Waals surface area contributed by atoms with Crippen LogP contribution in [0.1, 0.15) is 20.3 Å². The molecule has 0 saturated carbocycles. The molecule has 1 atom stereocenters. The van der Waals surface area contributed by atoms with E-state index in [0.29, 0.717) is 0 Å². The SMILES string of the molecule is CC(C)CC(NS(=O)(=O)c1cc(Cl)sc1Cl)C(=O)O. The van der Waals surface area contributed by atoms with E-state index >= 15 is 0 Å². The number of rotatable bonds is 6. The van der Waals surface area contributed by atoms with Crippen LogP contribution in [-0.4, -0.2) is 25.5 Å². The Morgan fingerprint density at radius 2 is 2.05 bits per heavy atom. The Kier molecular flexibility index (Phi) is 5.64. The van der Waals surface area contributed by atoms with E-state index in [2.05, 4.69) is 4.72 Å². The molecule has 1 aromatic heterocycles. The van der Waals surface area contributed by atoms with Gasteiger partial charge in [0.25, 0.3) is 0 Å². The second kappa shape index (κ2) is 6.41. The zero-order chi connectivity index (χ0) is 14.8. The zero-order valence-electron chi connectivity index (χ0n) is 10.2. The van der Waals surface area contributed by atoms with Crippen molar-refractivity contribution in [2.45, 2.75) is 31.2 Å². The van der Waals surface area contributed by atoms with Gasteiger partial charge in [-0.2, -0.15) is 4.72 Å². The third-order valence-corrected chi connectivity index (χ3v) is 5.44. The highest BCUT2D eigenvalue weighted by molar-refractivity contribution is 7.89. The number of hydrogen-bond acceptors (Lipinski definition) is 4. The van der Waals surface area contributed by atoms with Crippen LogP contribution >= 0.6 is 34.5 Å². The van der Waals surface area contributed by atoms with Crippen molar-refractivity contribution in [2.24, 2.45) is 5.92 Å². The number of sulfonamides is 1. The Balaban J connectivity index is 3.01. The molecule has 0 aliphatic heterocycles. The number of thiophene rings is 1. The highest BCUT2D eigenvalue weighted by Gasteiger charge is 2.28. The molecular formula is C10H13Cl2NO4S2. The molecule has 0 spiro atoms. The van der Waals surface area contributed by atoms with Crippen molar-refractivity contribution >= 4 is 50.5 Å². The van der Waals surface area contributed by atoms with E-state index in [0.717, 1.165) is 11.3 Å². The summed E-state index contributed by atoms with van der Waals surface area (Å²) in [6.45, 7) is 3.61. The summed E-state index contributed by atoms with van der Waals surface area (Å²) in [6, 6.07) is 0.00489. The van der Waals surface area contributed by atoms with Gasteiger partial charge in [0, 0.05) is 0 Å². The van der Waals surface area contributed by atoms with Gasteiger partial charge in [-0.15, -0.1) is 11.3 Å². The predicted molar refractivity (Wildman–Crippen MR) is 75.5 cm³/mol. The quantitative estimate of drug-likeness (QED) is 0.830.